The first-order valence-electron chi connectivity index (χ1n) is 10.2. The van der Waals surface area contributed by atoms with Gasteiger partial charge in [-0.1, -0.05) is 42.5 Å². The van der Waals surface area contributed by atoms with Gasteiger partial charge in [-0.3, -0.25) is 9.69 Å². The Balaban J connectivity index is 1.65. The van der Waals surface area contributed by atoms with Crippen LogP contribution >= 0.6 is 0 Å². The molecule has 0 saturated carbocycles. The first kappa shape index (κ1) is 22.0. The van der Waals surface area contributed by atoms with Gasteiger partial charge in [0.25, 0.3) is 0 Å². The Labute approximate surface area is 186 Å². The van der Waals surface area contributed by atoms with Crippen molar-refractivity contribution >= 4 is 22.0 Å². The van der Waals surface area contributed by atoms with E-state index in [0.717, 1.165) is 5.56 Å². The molecule has 0 bridgehead atoms. The Morgan fingerprint density at radius 1 is 1.19 bits per heavy atom. The number of ether oxygens (including phenoxy) is 1. The molecule has 8 nitrogen and oxygen atoms in total. The summed E-state index contributed by atoms with van der Waals surface area (Å²) < 4.78 is 36.9. The summed E-state index contributed by atoms with van der Waals surface area (Å²) in [5, 5.41) is 10.0. The van der Waals surface area contributed by atoms with Gasteiger partial charge in [0, 0.05) is 18.4 Å². The highest BCUT2D eigenvalue weighted by atomic mass is 32.2. The van der Waals surface area contributed by atoms with E-state index in [4.69, 9.17) is 8.92 Å². The summed E-state index contributed by atoms with van der Waals surface area (Å²) in [5.41, 5.74) is 1.42. The van der Waals surface area contributed by atoms with E-state index in [0.29, 0.717) is 5.56 Å². The van der Waals surface area contributed by atoms with E-state index < -0.39 is 22.2 Å². The molecule has 4 rings (SSSR count). The van der Waals surface area contributed by atoms with Crippen molar-refractivity contribution in [2.75, 3.05) is 0 Å². The predicted octanol–water partition coefficient (Wildman–Crippen LogP) is 2.71. The first-order valence-corrected chi connectivity index (χ1v) is 11.6. The highest BCUT2D eigenvalue weighted by Crippen LogP contribution is 2.41. The molecule has 2 unspecified atom stereocenters. The fourth-order valence-electron chi connectivity index (χ4n) is 3.86. The molecule has 0 spiro atoms. The third-order valence-electron chi connectivity index (χ3n) is 5.48. The maximum absolute atomic E-state index is 13.1. The molecule has 2 aromatic carbocycles. The Morgan fingerprint density at radius 3 is 2.56 bits per heavy atom. The number of hydrogen-bond acceptors (Lipinski definition) is 7. The Kier molecular flexibility index (Phi) is 5.79. The van der Waals surface area contributed by atoms with Crippen molar-refractivity contribution in [3.05, 3.63) is 76.7 Å². The minimum Gasteiger partial charge on any atom is -0.456 e. The second-order valence-electron chi connectivity index (χ2n) is 7.91. The number of carbonyl (C=O) groups is 2. The molecule has 2 atom stereocenters. The molecule has 32 heavy (non-hydrogen) atoms. The molecule has 1 amide bonds. The lowest BCUT2D eigenvalue weighted by Gasteiger charge is -2.34. The fourth-order valence-corrected chi connectivity index (χ4v) is 5.21. The Morgan fingerprint density at radius 2 is 1.91 bits per heavy atom. The summed E-state index contributed by atoms with van der Waals surface area (Å²) in [6.45, 7) is 3.14. The molecule has 0 aromatic heterocycles. The maximum atomic E-state index is 13.1. The number of aliphatic hydroxyl groups is 1. The first-order chi connectivity index (χ1) is 15.2. The molecular formula is C23H23NO7S. The number of aryl methyl sites for hydroxylation is 1. The number of aliphatic hydroxyl groups excluding tert-OH is 1. The van der Waals surface area contributed by atoms with Crippen LogP contribution in [-0.2, 0) is 35.2 Å². The lowest BCUT2D eigenvalue weighted by molar-refractivity contribution is -0.151. The summed E-state index contributed by atoms with van der Waals surface area (Å²) in [4.78, 5) is 26.0. The van der Waals surface area contributed by atoms with E-state index in [9.17, 15) is 23.1 Å². The van der Waals surface area contributed by atoms with Crippen LogP contribution < -0.4 is 0 Å². The number of rotatable bonds is 7. The Hall–Kier alpha value is -3.17. The van der Waals surface area contributed by atoms with Crippen LogP contribution in [0.2, 0.25) is 0 Å². The summed E-state index contributed by atoms with van der Waals surface area (Å²) in [5.74, 6) is -1.25. The van der Waals surface area contributed by atoms with Crippen LogP contribution in [0.25, 0.3) is 0 Å². The van der Waals surface area contributed by atoms with Crippen molar-refractivity contribution in [2.45, 2.75) is 50.3 Å². The number of carbonyl (C=O) groups excluding carboxylic acids is 2. The second kappa shape index (κ2) is 8.40. The van der Waals surface area contributed by atoms with Gasteiger partial charge in [0.15, 0.2) is 11.5 Å². The van der Waals surface area contributed by atoms with Gasteiger partial charge in [0.05, 0.1) is 12.1 Å². The van der Waals surface area contributed by atoms with Crippen molar-refractivity contribution in [3.63, 3.8) is 0 Å². The normalized spacial score (nSPS) is 18.8. The van der Waals surface area contributed by atoms with Crippen LogP contribution in [-0.4, -0.2) is 36.3 Å². The average Bonchev–Trinajstić information content (AvgIpc) is 3.03. The molecule has 0 aliphatic carbocycles. The fraction of sp³-hybridized carbons (Fsp3) is 0.304. The molecule has 1 saturated heterocycles. The van der Waals surface area contributed by atoms with Crippen LogP contribution in [0, 0.1) is 6.92 Å². The van der Waals surface area contributed by atoms with Gasteiger partial charge < -0.3 is 14.0 Å². The van der Waals surface area contributed by atoms with Gasteiger partial charge in [0.2, 0.25) is 5.91 Å². The van der Waals surface area contributed by atoms with Crippen molar-refractivity contribution in [1.29, 1.82) is 0 Å². The van der Waals surface area contributed by atoms with E-state index in [1.807, 2.05) is 6.07 Å². The number of hydrogen-bond donors (Lipinski definition) is 1. The van der Waals surface area contributed by atoms with Crippen LogP contribution in [0.3, 0.4) is 0 Å². The molecule has 2 aliphatic rings. The van der Waals surface area contributed by atoms with Crippen molar-refractivity contribution in [3.8, 4) is 0 Å². The maximum Gasteiger partial charge on any atom is 0.358 e. The van der Waals surface area contributed by atoms with Gasteiger partial charge >= 0.3 is 16.1 Å². The lowest BCUT2D eigenvalue weighted by atomic mass is 10.0. The van der Waals surface area contributed by atoms with E-state index in [1.54, 1.807) is 37.3 Å². The standard InChI is InChI=1S/C23H23NO7S/c1-14-8-9-18(15(2)25)20(10-14)32(28,29)31-19-11-17-12-21(26)24(17)22(19)23(27)30-13-16-6-4-3-5-7-16/h3-10,15,17,25H,11-13H2,1-2H3. The summed E-state index contributed by atoms with van der Waals surface area (Å²) in [7, 11) is -4.38. The number of benzene rings is 2. The van der Waals surface area contributed by atoms with E-state index in [2.05, 4.69) is 0 Å². The van der Waals surface area contributed by atoms with Crippen molar-refractivity contribution < 1.29 is 32.0 Å². The topological polar surface area (TPSA) is 110 Å². The lowest BCUT2D eigenvalue weighted by Crippen LogP contribution is -2.49. The molecule has 1 N–H and O–H groups in total. The van der Waals surface area contributed by atoms with Crippen LogP contribution in [0.15, 0.2) is 64.9 Å². The number of nitrogens with zero attached hydrogens (tertiary/aromatic N) is 1. The second-order valence-corrected chi connectivity index (χ2v) is 9.43. The SMILES string of the molecule is Cc1ccc(C(C)O)c(S(=O)(=O)OC2=C(C(=O)OCc3ccccc3)N3C(=O)CC3C2)c1. The van der Waals surface area contributed by atoms with Crippen molar-refractivity contribution in [1.82, 2.24) is 4.90 Å². The zero-order valence-electron chi connectivity index (χ0n) is 17.6. The molecule has 9 heteroatoms. The third-order valence-corrected chi connectivity index (χ3v) is 6.79. The third kappa shape index (κ3) is 4.13. The van der Waals surface area contributed by atoms with Crippen LogP contribution in [0.4, 0.5) is 0 Å². The van der Waals surface area contributed by atoms with E-state index in [-0.39, 0.29) is 53.3 Å². The van der Waals surface area contributed by atoms with Crippen LogP contribution in [0.1, 0.15) is 42.6 Å². The zero-order chi connectivity index (χ0) is 23.0. The largest absolute Gasteiger partial charge is 0.456 e. The highest BCUT2D eigenvalue weighted by Gasteiger charge is 2.50. The quantitative estimate of drug-likeness (QED) is 0.387. The van der Waals surface area contributed by atoms with Gasteiger partial charge in [-0.15, -0.1) is 0 Å². The monoisotopic (exact) mass is 457 g/mol. The van der Waals surface area contributed by atoms with E-state index in [1.165, 1.54) is 24.0 Å². The molecule has 2 aliphatic heterocycles. The Bertz CT molecular complexity index is 1200. The predicted molar refractivity (Wildman–Crippen MR) is 113 cm³/mol. The van der Waals surface area contributed by atoms with Crippen LogP contribution in [0.5, 0.6) is 0 Å². The average molecular weight is 458 g/mol. The van der Waals surface area contributed by atoms with Gasteiger partial charge in [-0.2, -0.15) is 8.42 Å². The molecule has 2 aromatic rings. The molecule has 168 valence electrons. The number of esters is 1. The van der Waals surface area contributed by atoms with Gasteiger partial charge in [-0.25, -0.2) is 4.79 Å². The molecule has 0 radical (unpaired) electrons. The number of amides is 1. The zero-order valence-corrected chi connectivity index (χ0v) is 18.5. The van der Waals surface area contributed by atoms with Gasteiger partial charge in [0.1, 0.15) is 11.5 Å². The number of fused-ring (bicyclic) bond motifs is 1. The minimum absolute atomic E-state index is 0.0278. The molecule has 1 fully saturated rings. The summed E-state index contributed by atoms with van der Waals surface area (Å²) in [6, 6.07) is 13.3. The van der Waals surface area contributed by atoms with Gasteiger partial charge in [-0.05, 0) is 31.0 Å². The highest BCUT2D eigenvalue weighted by molar-refractivity contribution is 7.87. The van der Waals surface area contributed by atoms with E-state index >= 15 is 0 Å². The molecular weight excluding hydrogens is 434 g/mol. The molecule has 2 heterocycles. The minimum atomic E-state index is -4.38. The number of β-lactam (4-membered cyclic amide) rings is 1. The smallest absolute Gasteiger partial charge is 0.358 e. The summed E-state index contributed by atoms with van der Waals surface area (Å²) >= 11 is 0. The summed E-state index contributed by atoms with van der Waals surface area (Å²) in [6.07, 6.45) is -0.749. The van der Waals surface area contributed by atoms with Crippen molar-refractivity contribution in [2.24, 2.45) is 0 Å².